The van der Waals surface area contributed by atoms with Crippen LogP contribution >= 0.6 is 0 Å². The van der Waals surface area contributed by atoms with Crippen molar-refractivity contribution in [1.29, 1.82) is 0 Å². The van der Waals surface area contributed by atoms with Crippen LogP contribution in [0.3, 0.4) is 0 Å². The fourth-order valence-corrected chi connectivity index (χ4v) is 3.01. The number of primary amides is 1. The number of nitrogens with zero attached hydrogens (tertiary/aromatic N) is 4. The van der Waals surface area contributed by atoms with Gasteiger partial charge in [0.25, 0.3) is 6.29 Å². The van der Waals surface area contributed by atoms with Gasteiger partial charge >= 0.3 is 0 Å². The first-order valence-corrected chi connectivity index (χ1v) is 9.65. The number of fused-ring (bicyclic) bond motifs is 1. The summed E-state index contributed by atoms with van der Waals surface area (Å²) < 4.78 is 12.9. The number of hydrogen-bond donors (Lipinski definition) is 3. The largest absolute Gasteiger partial charge is 0.449 e. The number of imidazole rings is 1. The minimum Gasteiger partial charge on any atom is -0.449 e. The molecule has 11 heteroatoms. The van der Waals surface area contributed by atoms with Crippen LogP contribution in [-0.4, -0.2) is 50.2 Å². The van der Waals surface area contributed by atoms with Crippen molar-refractivity contribution in [2.75, 3.05) is 11.9 Å². The van der Waals surface area contributed by atoms with E-state index in [0.29, 0.717) is 23.3 Å². The number of rotatable bonds is 9. The van der Waals surface area contributed by atoms with Gasteiger partial charge in [-0.2, -0.15) is 4.98 Å². The van der Waals surface area contributed by atoms with Gasteiger partial charge in [-0.15, -0.1) is 0 Å². The van der Waals surface area contributed by atoms with Crippen molar-refractivity contribution >= 4 is 17.6 Å². The Morgan fingerprint density at radius 2 is 1.94 bits per heavy atom. The molecule has 11 nitrogen and oxygen atoms in total. The van der Waals surface area contributed by atoms with Gasteiger partial charge in [0.2, 0.25) is 17.8 Å². The minimum absolute atomic E-state index is 0.0341. The summed E-state index contributed by atoms with van der Waals surface area (Å²) in [6, 6.07) is 8.15. The number of hydrogen-bond acceptors (Lipinski definition) is 8. The van der Waals surface area contributed by atoms with E-state index in [1.165, 1.54) is 0 Å². The normalized spacial score (nSPS) is 13.5. The van der Waals surface area contributed by atoms with E-state index >= 15 is 0 Å². The van der Waals surface area contributed by atoms with Gasteiger partial charge in [0.1, 0.15) is 18.2 Å². The van der Waals surface area contributed by atoms with E-state index in [9.17, 15) is 9.59 Å². The quantitative estimate of drug-likeness (QED) is 0.454. The number of nitrogens with one attached hydrogen (secondary N) is 2. The molecule has 0 fully saturated rings. The second kappa shape index (κ2) is 9.11. The van der Waals surface area contributed by atoms with Crippen LogP contribution in [0, 0.1) is 0 Å². The average molecular weight is 423 g/mol. The van der Waals surface area contributed by atoms with E-state index in [4.69, 9.17) is 15.2 Å². The van der Waals surface area contributed by atoms with Crippen LogP contribution in [0.25, 0.3) is 5.95 Å². The van der Waals surface area contributed by atoms with Gasteiger partial charge in [0.05, 0.1) is 6.54 Å². The highest BCUT2D eigenvalue weighted by Crippen LogP contribution is 2.33. The van der Waals surface area contributed by atoms with E-state index in [1.54, 1.807) is 47.7 Å². The summed E-state index contributed by atoms with van der Waals surface area (Å²) in [5.41, 5.74) is 5.27. The molecule has 1 atom stereocenters. The lowest BCUT2D eigenvalue weighted by Gasteiger charge is -2.20. The summed E-state index contributed by atoms with van der Waals surface area (Å²) >= 11 is 0. The monoisotopic (exact) mass is 423 g/mol. The molecular weight excluding hydrogens is 402 g/mol. The Hall–Kier alpha value is -4.15. The molecule has 1 aromatic carbocycles. The smallest absolute Gasteiger partial charge is 0.258 e. The predicted molar refractivity (Wildman–Crippen MR) is 109 cm³/mol. The Balaban J connectivity index is 1.39. The van der Waals surface area contributed by atoms with Crippen molar-refractivity contribution in [3.63, 3.8) is 0 Å². The van der Waals surface area contributed by atoms with Gasteiger partial charge < -0.3 is 25.8 Å². The highest BCUT2D eigenvalue weighted by Gasteiger charge is 2.26. The van der Waals surface area contributed by atoms with Crippen molar-refractivity contribution in [1.82, 2.24) is 24.8 Å². The molecule has 31 heavy (non-hydrogen) atoms. The maximum absolute atomic E-state index is 12.8. The van der Waals surface area contributed by atoms with Crippen LogP contribution in [0.1, 0.15) is 12.8 Å². The molecule has 4 N–H and O–H groups in total. The highest BCUT2D eigenvalue weighted by molar-refractivity contribution is 5.85. The molecule has 3 heterocycles. The number of carbonyl (C=O) groups excluding carboxylic acids is 2. The number of para-hydroxylation sites is 2. The maximum Gasteiger partial charge on any atom is 0.258 e. The van der Waals surface area contributed by atoms with E-state index in [0.717, 1.165) is 0 Å². The van der Waals surface area contributed by atoms with Gasteiger partial charge in [-0.1, -0.05) is 12.1 Å². The standard InChI is InChI=1S/C20H21N7O4/c21-16(28)6-5-13(25-17-7-8-23-20(26-17)27-10-9-22-12-27)19(29)24-11-18-30-14-3-1-2-4-15(14)31-18/h1-4,7-10,12-13,18H,5-6,11H2,(H2,21,28)(H,24,29)(H,23,25,26). The lowest BCUT2D eigenvalue weighted by Crippen LogP contribution is -2.44. The molecule has 4 rings (SSSR count). The fourth-order valence-electron chi connectivity index (χ4n) is 3.01. The molecule has 160 valence electrons. The Morgan fingerprint density at radius 1 is 1.16 bits per heavy atom. The maximum atomic E-state index is 12.8. The number of aromatic nitrogens is 4. The Labute approximate surface area is 177 Å². The first-order chi connectivity index (χ1) is 15.1. The molecule has 1 aliphatic rings. The molecule has 1 unspecified atom stereocenters. The zero-order valence-electron chi connectivity index (χ0n) is 16.5. The first-order valence-electron chi connectivity index (χ1n) is 9.65. The Morgan fingerprint density at radius 3 is 2.61 bits per heavy atom. The van der Waals surface area contributed by atoms with Crippen molar-refractivity contribution in [2.45, 2.75) is 25.2 Å². The molecule has 0 bridgehead atoms. The summed E-state index contributed by atoms with van der Waals surface area (Å²) in [7, 11) is 0. The van der Waals surface area contributed by atoms with Gasteiger partial charge in [-0.3, -0.25) is 14.2 Å². The Kier molecular flexibility index (Phi) is 5.92. The van der Waals surface area contributed by atoms with Crippen molar-refractivity contribution in [3.8, 4) is 17.4 Å². The van der Waals surface area contributed by atoms with E-state index in [1.807, 2.05) is 12.1 Å². The van der Waals surface area contributed by atoms with E-state index < -0.39 is 18.2 Å². The molecule has 0 saturated heterocycles. The number of ether oxygens (including phenoxy) is 2. The molecular formula is C20H21N7O4. The highest BCUT2D eigenvalue weighted by atomic mass is 16.7. The SMILES string of the molecule is NC(=O)CCC(Nc1ccnc(-n2ccnc2)n1)C(=O)NCC1Oc2ccccc2O1. The third-order valence-corrected chi connectivity index (χ3v) is 4.51. The Bertz CT molecular complexity index is 1030. The van der Waals surface area contributed by atoms with Crippen molar-refractivity contribution < 1.29 is 19.1 Å². The van der Waals surface area contributed by atoms with Crippen LogP contribution in [0.15, 0.2) is 55.2 Å². The van der Waals surface area contributed by atoms with E-state index in [-0.39, 0.29) is 25.3 Å². The number of carbonyl (C=O) groups is 2. The first kappa shape index (κ1) is 20.1. The number of amides is 2. The third-order valence-electron chi connectivity index (χ3n) is 4.51. The van der Waals surface area contributed by atoms with Crippen LogP contribution in [0.5, 0.6) is 11.5 Å². The molecule has 2 amide bonds. The number of anilines is 1. The topological polar surface area (TPSA) is 146 Å². The lowest BCUT2D eigenvalue weighted by molar-refractivity contribution is -0.123. The van der Waals surface area contributed by atoms with Gasteiger partial charge in [0.15, 0.2) is 11.5 Å². The zero-order valence-corrected chi connectivity index (χ0v) is 16.5. The zero-order chi connectivity index (χ0) is 21.6. The summed E-state index contributed by atoms with van der Waals surface area (Å²) in [4.78, 5) is 36.6. The molecule has 0 aliphatic carbocycles. The summed E-state index contributed by atoms with van der Waals surface area (Å²) in [5, 5.41) is 5.83. The second-order valence-corrected chi connectivity index (χ2v) is 6.77. The summed E-state index contributed by atoms with van der Waals surface area (Å²) in [6.07, 6.45) is 6.03. The van der Waals surface area contributed by atoms with Gasteiger partial charge in [-0.25, -0.2) is 9.97 Å². The van der Waals surface area contributed by atoms with Crippen LogP contribution in [0.4, 0.5) is 5.82 Å². The van der Waals surface area contributed by atoms with Crippen molar-refractivity contribution in [2.24, 2.45) is 5.73 Å². The number of benzene rings is 1. The molecule has 3 aromatic rings. The van der Waals surface area contributed by atoms with Gasteiger partial charge in [0, 0.05) is 25.0 Å². The summed E-state index contributed by atoms with van der Waals surface area (Å²) in [6.45, 7) is 0.131. The molecule has 0 saturated carbocycles. The molecule has 1 aliphatic heterocycles. The summed E-state index contributed by atoms with van der Waals surface area (Å²) in [5.74, 6) is 1.22. The molecule has 2 aromatic heterocycles. The van der Waals surface area contributed by atoms with Crippen LogP contribution in [-0.2, 0) is 9.59 Å². The molecule has 0 spiro atoms. The predicted octanol–water partition coefficient (Wildman–Crippen LogP) is 0.622. The van der Waals surface area contributed by atoms with E-state index in [2.05, 4.69) is 25.6 Å². The fraction of sp³-hybridized carbons (Fsp3) is 0.250. The third kappa shape index (κ3) is 5.07. The lowest BCUT2D eigenvalue weighted by atomic mass is 10.1. The van der Waals surface area contributed by atoms with Gasteiger partial charge in [-0.05, 0) is 24.6 Å². The number of nitrogens with two attached hydrogens (primary N) is 1. The molecule has 0 radical (unpaired) electrons. The minimum atomic E-state index is -0.748. The second-order valence-electron chi connectivity index (χ2n) is 6.77. The van der Waals surface area contributed by atoms with Crippen LogP contribution in [0.2, 0.25) is 0 Å². The van der Waals surface area contributed by atoms with Crippen molar-refractivity contribution in [3.05, 3.63) is 55.2 Å². The van der Waals surface area contributed by atoms with Crippen LogP contribution < -0.4 is 25.8 Å². The average Bonchev–Trinajstić information content (AvgIpc) is 3.44.